The number of benzene rings is 1. The van der Waals surface area contributed by atoms with Crippen molar-refractivity contribution in [1.29, 1.82) is 0 Å². The second-order valence-electron chi connectivity index (χ2n) is 4.23. The van der Waals surface area contributed by atoms with Crippen molar-refractivity contribution in [3.05, 3.63) is 47.8 Å². The van der Waals surface area contributed by atoms with Crippen molar-refractivity contribution < 1.29 is 9.90 Å². The van der Waals surface area contributed by atoms with E-state index in [9.17, 15) is 9.90 Å². The van der Waals surface area contributed by atoms with Crippen molar-refractivity contribution in [3.63, 3.8) is 0 Å². The van der Waals surface area contributed by atoms with Crippen LogP contribution >= 0.6 is 0 Å². The van der Waals surface area contributed by atoms with Gasteiger partial charge in [0.05, 0.1) is 18.3 Å². The summed E-state index contributed by atoms with van der Waals surface area (Å²) in [6.45, 7) is -0.192. The van der Waals surface area contributed by atoms with Gasteiger partial charge in [-0.2, -0.15) is 5.10 Å². The molecule has 0 bridgehead atoms. The Bertz CT molecular complexity index is 565. The van der Waals surface area contributed by atoms with E-state index in [1.165, 1.54) is 4.68 Å². The summed E-state index contributed by atoms with van der Waals surface area (Å²) in [5.41, 5.74) is 6.99. The van der Waals surface area contributed by atoms with E-state index in [2.05, 4.69) is 10.4 Å². The number of nitrogens with one attached hydrogen (secondary N) is 1. The Labute approximate surface area is 110 Å². The summed E-state index contributed by atoms with van der Waals surface area (Å²) in [5, 5.41) is 16.1. The maximum Gasteiger partial charge on any atom is 0.274 e. The lowest BCUT2D eigenvalue weighted by molar-refractivity contribution is 0.0911. The highest BCUT2D eigenvalue weighted by molar-refractivity contribution is 5.97. The number of aryl methyl sites for hydroxylation is 1. The van der Waals surface area contributed by atoms with E-state index in [-0.39, 0.29) is 12.3 Å². The molecule has 1 unspecified atom stereocenters. The third-order valence-electron chi connectivity index (χ3n) is 2.76. The molecule has 0 saturated heterocycles. The quantitative estimate of drug-likeness (QED) is 0.744. The lowest BCUT2D eigenvalue weighted by Crippen LogP contribution is -2.31. The number of amides is 1. The molecule has 0 radical (unpaired) electrons. The molecule has 1 amide bonds. The van der Waals surface area contributed by atoms with Crippen molar-refractivity contribution in [2.24, 2.45) is 7.05 Å². The average Bonchev–Trinajstić information content (AvgIpc) is 2.76. The molecule has 1 aromatic heterocycles. The molecular weight excluding hydrogens is 244 g/mol. The number of hydrogen-bond acceptors (Lipinski definition) is 4. The predicted molar refractivity (Wildman–Crippen MR) is 71.4 cm³/mol. The number of hydrogen-bond donors (Lipinski definition) is 3. The smallest absolute Gasteiger partial charge is 0.274 e. The number of nitrogens with two attached hydrogens (primary N) is 1. The molecule has 1 atom stereocenters. The molecule has 1 heterocycles. The van der Waals surface area contributed by atoms with Gasteiger partial charge in [-0.1, -0.05) is 30.3 Å². The number of anilines is 1. The van der Waals surface area contributed by atoms with Gasteiger partial charge in [-0.15, -0.1) is 0 Å². The zero-order valence-corrected chi connectivity index (χ0v) is 10.6. The van der Waals surface area contributed by atoms with Crippen molar-refractivity contribution in [2.75, 3.05) is 12.3 Å². The molecule has 1 aromatic carbocycles. The SMILES string of the molecule is Cn1cc(N)c(C(=O)NC(CO)c2ccccc2)n1. The summed E-state index contributed by atoms with van der Waals surface area (Å²) < 4.78 is 1.47. The van der Waals surface area contributed by atoms with Crippen LogP contribution in [0.5, 0.6) is 0 Å². The molecule has 2 rings (SSSR count). The maximum atomic E-state index is 12.0. The lowest BCUT2D eigenvalue weighted by Gasteiger charge is -2.16. The molecule has 19 heavy (non-hydrogen) atoms. The molecule has 0 aliphatic carbocycles. The van der Waals surface area contributed by atoms with E-state index in [1.54, 1.807) is 13.2 Å². The van der Waals surface area contributed by atoms with Gasteiger partial charge in [-0.05, 0) is 5.56 Å². The van der Waals surface area contributed by atoms with Gasteiger partial charge >= 0.3 is 0 Å². The van der Waals surface area contributed by atoms with Gasteiger partial charge in [0.1, 0.15) is 0 Å². The van der Waals surface area contributed by atoms with Crippen LogP contribution in [0.2, 0.25) is 0 Å². The predicted octanol–water partition coefficient (Wildman–Crippen LogP) is 0.466. The van der Waals surface area contributed by atoms with Crippen LogP contribution in [0.15, 0.2) is 36.5 Å². The second-order valence-corrected chi connectivity index (χ2v) is 4.23. The molecule has 0 spiro atoms. The fourth-order valence-electron chi connectivity index (χ4n) is 1.83. The maximum absolute atomic E-state index is 12.0. The zero-order chi connectivity index (χ0) is 13.8. The third kappa shape index (κ3) is 2.92. The van der Waals surface area contributed by atoms with E-state index in [4.69, 9.17) is 5.73 Å². The first-order chi connectivity index (χ1) is 9.11. The van der Waals surface area contributed by atoms with Crippen LogP contribution in [0.1, 0.15) is 22.1 Å². The van der Waals surface area contributed by atoms with Crippen molar-refractivity contribution in [1.82, 2.24) is 15.1 Å². The first kappa shape index (κ1) is 13.1. The fourth-order valence-corrected chi connectivity index (χ4v) is 1.83. The van der Waals surface area contributed by atoms with Gasteiger partial charge in [0.25, 0.3) is 5.91 Å². The Morgan fingerprint density at radius 1 is 1.47 bits per heavy atom. The van der Waals surface area contributed by atoms with Crippen LogP contribution in [0.3, 0.4) is 0 Å². The van der Waals surface area contributed by atoms with Crippen LogP contribution in [0, 0.1) is 0 Å². The minimum absolute atomic E-state index is 0.164. The van der Waals surface area contributed by atoms with E-state index in [1.807, 2.05) is 30.3 Å². The van der Waals surface area contributed by atoms with Crippen molar-refractivity contribution >= 4 is 11.6 Å². The molecule has 0 aliphatic heterocycles. The van der Waals surface area contributed by atoms with Gasteiger partial charge in [0, 0.05) is 13.2 Å². The number of nitrogens with zero attached hydrogens (tertiary/aromatic N) is 2. The van der Waals surface area contributed by atoms with Crippen LogP contribution in [0.25, 0.3) is 0 Å². The number of carbonyl (C=O) groups is 1. The monoisotopic (exact) mass is 260 g/mol. The van der Waals surface area contributed by atoms with Gasteiger partial charge < -0.3 is 16.2 Å². The fraction of sp³-hybridized carbons (Fsp3) is 0.231. The van der Waals surface area contributed by atoms with E-state index in [0.717, 1.165) is 5.56 Å². The molecule has 2 aromatic rings. The topological polar surface area (TPSA) is 93.2 Å². The summed E-state index contributed by atoms with van der Waals surface area (Å²) in [7, 11) is 1.69. The van der Waals surface area contributed by atoms with E-state index in [0.29, 0.717) is 5.69 Å². The zero-order valence-electron chi connectivity index (χ0n) is 10.6. The Morgan fingerprint density at radius 3 is 2.68 bits per heavy atom. The Balaban J connectivity index is 2.15. The summed E-state index contributed by atoms with van der Waals surface area (Å²) in [5.74, 6) is -0.402. The summed E-state index contributed by atoms with van der Waals surface area (Å²) >= 11 is 0. The molecule has 0 fully saturated rings. The Morgan fingerprint density at radius 2 is 2.16 bits per heavy atom. The van der Waals surface area contributed by atoms with Gasteiger partial charge in [0.15, 0.2) is 5.69 Å². The molecule has 6 heteroatoms. The average molecular weight is 260 g/mol. The summed E-state index contributed by atoms with van der Waals surface area (Å²) in [4.78, 5) is 12.0. The number of nitrogen functional groups attached to an aromatic ring is 1. The highest BCUT2D eigenvalue weighted by atomic mass is 16.3. The first-order valence-corrected chi connectivity index (χ1v) is 5.87. The van der Waals surface area contributed by atoms with Gasteiger partial charge in [-0.3, -0.25) is 9.48 Å². The third-order valence-corrected chi connectivity index (χ3v) is 2.76. The number of aliphatic hydroxyl groups excluding tert-OH is 1. The molecule has 4 N–H and O–H groups in total. The Hall–Kier alpha value is -2.34. The second kappa shape index (κ2) is 5.53. The van der Waals surface area contributed by atoms with E-state index >= 15 is 0 Å². The lowest BCUT2D eigenvalue weighted by atomic mass is 10.1. The number of aliphatic hydroxyl groups is 1. The van der Waals surface area contributed by atoms with Gasteiger partial charge in [0.2, 0.25) is 0 Å². The van der Waals surface area contributed by atoms with Crippen molar-refractivity contribution in [2.45, 2.75) is 6.04 Å². The Kier molecular flexibility index (Phi) is 3.82. The summed E-state index contributed by atoms with van der Waals surface area (Å²) in [6.07, 6.45) is 1.56. The van der Waals surface area contributed by atoms with Crippen LogP contribution in [-0.4, -0.2) is 27.4 Å². The molecule has 0 saturated carbocycles. The molecular formula is C13H16N4O2. The molecule has 0 aliphatic rings. The molecule has 6 nitrogen and oxygen atoms in total. The largest absolute Gasteiger partial charge is 0.396 e. The standard InChI is InChI=1S/C13H16N4O2/c1-17-7-10(14)12(16-17)13(19)15-11(8-18)9-5-3-2-4-6-9/h2-7,11,18H,8,14H2,1H3,(H,15,19). The van der Waals surface area contributed by atoms with Gasteiger partial charge in [-0.25, -0.2) is 0 Å². The minimum atomic E-state index is -0.477. The van der Waals surface area contributed by atoms with Crippen LogP contribution < -0.4 is 11.1 Å². The number of carbonyl (C=O) groups excluding carboxylic acids is 1. The highest BCUT2D eigenvalue weighted by Gasteiger charge is 2.18. The normalized spacial score (nSPS) is 12.1. The minimum Gasteiger partial charge on any atom is -0.396 e. The van der Waals surface area contributed by atoms with Crippen molar-refractivity contribution in [3.8, 4) is 0 Å². The summed E-state index contributed by atoms with van der Waals surface area (Å²) in [6, 6.07) is 8.76. The van der Waals surface area contributed by atoms with Crippen LogP contribution in [-0.2, 0) is 7.05 Å². The molecule has 100 valence electrons. The number of aromatic nitrogens is 2. The van der Waals surface area contributed by atoms with E-state index < -0.39 is 11.9 Å². The number of rotatable bonds is 4. The highest BCUT2D eigenvalue weighted by Crippen LogP contribution is 2.14. The first-order valence-electron chi connectivity index (χ1n) is 5.87. The van der Waals surface area contributed by atoms with Crippen LogP contribution in [0.4, 0.5) is 5.69 Å².